The molecule has 126 valence electrons. The van der Waals surface area contributed by atoms with Gasteiger partial charge in [-0.1, -0.05) is 6.07 Å². The van der Waals surface area contributed by atoms with E-state index in [4.69, 9.17) is 0 Å². The van der Waals surface area contributed by atoms with Crippen molar-refractivity contribution >= 4 is 5.91 Å². The van der Waals surface area contributed by atoms with Gasteiger partial charge >= 0.3 is 0 Å². The molecule has 0 spiro atoms. The van der Waals surface area contributed by atoms with Gasteiger partial charge in [-0.2, -0.15) is 0 Å². The van der Waals surface area contributed by atoms with Gasteiger partial charge in [-0.15, -0.1) is 0 Å². The molecule has 4 nitrogen and oxygen atoms in total. The SMILES string of the molecule is CC(CCNC(=O)c1ccc2c(c1)CCC2)N1CCN(C)CC1. The molecular formula is C19H29N3O. The van der Waals surface area contributed by atoms with E-state index in [1.165, 1.54) is 24.0 Å². The largest absolute Gasteiger partial charge is 0.352 e. The van der Waals surface area contributed by atoms with Crippen LogP contribution >= 0.6 is 0 Å². The Hall–Kier alpha value is -1.39. The maximum atomic E-state index is 12.3. The van der Waals surface area contributed by atoms with Gasteiger partial charge in [0, 0.05) is 44.3 Å². The number of hydrogen-bond donors (Lipinski definition) is 1. The summed E-state index contributed by atoms with van der Waals surface area (Å²) in [6.45, 7) is 7.58. The molecule has 1 unspecified atom stereocenters. The number of fused-ring (bicyclic) bond motifs is 1. The zero-order chi connectivity index (χ0) is 16.2. The Bertz CT molecular complexity index is 550. The van der Waals surface area contributed by atoms with Crippen LogP contribution in [-0.2, 0) is 12.8 Å². The Kier molecular flexibility index (Phi) is 5.34. The molecule has 1 atom stereocenters. The fourth-order valence-electron chi connectivity index (χ4n) is 3.65. The van der Waals surface area contributed by atoms with Gasteiger partial charge in [0.15, 0.2) is 0 Å². The molecule has 1 fully saturated rings. The number of nitrogens with one attached hydrogen (secondary N) is 1. The standard InChI is InChI=1S/C19H29N3O/c1-15(22-12-10-21(2)11-13-22)8-9-20-19(23)18-7-6-16-4-3-5-17(16)14-18/h6-7,14-15H,3-5,8-13H2,1-2H3,(H,20,23). The van der Waals surface area contributed by atoms with Gasteiger partial charge in [-0.05, 0) is 62.9 Å². The van der Waals surface area contributed by atoms with Crippen molar-refractivity contribution in [1.29, 1.82) is 0 Å². The Labute approximate surface area is 139 Å². The van der Waals surface area contributed by atoms with Gasteiger partial charge in [0.2, 0.25) is 0 Å². The van der Waals surface area contributed by atoms with E-state index >= 15 is 0 Å². The molecule has 1 amide bonds. The second kappa shape index (κ2) is 7.45. The third kappa shape index (κ3) is 4.12. The summed E-state index contributed by atoms with van der Waals surface area (Å²) in [4.78, 5) is 17.2. The van der Waals surface area contributed by atoms with Crippen molar-refractivity contribution in [1.82, 2.24) is 15.1 Å². The first-order valence-electron chi connectivity index (χ1n) is 8.96. The summed E-state index contributed by atoms with van der Waals surface area (Å²) in [6, 6.07) is 6.72. The van der Waals surface area contributed by atoms with Crippen LogP contribution in [0.25, 0.3) is 0 Å². The molecule has 1 aliphatic heterocycles. The molecule has 3 rings (SSSR count). The molecule has 1 saturated heterocycles. The van der Waals surface area contributed by atoms with Crippen molar-refractivity contribution in [3.8, 4) is 0 Å². The fourth-order valence-corrected chi connectivity index (χ4v) is 3.65. The van der Waals surface area contributed by atoms with E-state index in [1.54, 1.807) is 0 Å². The van der Waals surface area contributed by atoms with Crippen molar-refractivity contribution in [2.75, 3.05) is 39.8 Å². The number of aryl methyl sites for hydroxylation is 2. The van der Waals surface area contributed by atoms with Gasteiger partial charge < -0.3 is 10.2 Å². The van der Waals surface area contributed by atoms with Crippen LogP contribution in [0.15, 0.2) is 18.2 Å². The minimum atomic E-state index is 0.0743. The van der Waals surface area contributed by atoms with Crippen molar-refractivity contribution in [2.24, 2.45) is 0 Å². The molecule has 0 bridgehead atoms. The number of benzene rings is 1. The summed E-state index contributed by atoms with van der Waals surface area (Å²) in [6.07, 6.45) is 4.53. The lowest BCUT2D eigenvalue weighted by atomic mass is 10.1. The number of nitrogens with zero attached hydrogens (tertiary/aromatic N) is 2. The van der Waals surface area contributed by atoms with Crippen LogP contribution in [0, 0.1) is 0 Å². The Morgan fingerprint density at radius 2 is 1.91 bits per heavy atom. The molecule has 0 saturated carbocycles. The van der Waals surface area contributed by atoms with Crippen LogP contribution in [-0.4, -0.2) is 61.5 Å². The number of amides is 1. The lowest BCUT2D eigenvalue weighted by molar-refractivity contribution is 0.0935. The number of likely N-dealkylation sites (N-methyl/N-ethyl adjacent to an activating group) is 1. The van der Waals surface area contributed by atoms with Crippen LogP contribution in [0.4, 0.5) is 0 Å². The van der Waals surface area contributed by atoms with E-state index in [9.17, 15) is 4.79 Å². The van der Waals surface area contributed by atoms with Gasteiger partial charge in [0.1, 0.15) is 0 Å². The van der Waals surface area contributed by atoms with E-state index in [2.05, 4.69) is 41.2 Å². The molecule has 1 heterocycles. The Morgan fingerprint density at radius 1 is 1.17 bits per heavy atom. The molecule has 0 aromatic heterocycles. The van der Waals surface area contributed by atoms with E-state index in [1.807, 2.05) is 6.07 Å². The lowest BCUT2D eigenvalue weighted by Gasteiger charge is -2.36. The molecule has 0 radical (unpaired) electrons. The maximum Gasteiger partial charge on any atom is 0.251 e. The smallest absolute Gasteiger partial charge is 0.251 e. The fraction of sp³-hybridized carbons (Fsp3) is 0.632. The molecule has 1 N–H and O–H groups in total. The molecule has 1 aliphatic carbocycles. The zero-order valence-electron chi connectivity index (χ0n) is 14.5. The molecule has 2 aliphatic rings. The molecular weight excluding hydrogens is 286 g/mol. The van der Waals surface area contributed by atoms with Crippen molar-refractivity contribution in [3.05, 3.63) is 34.9 Å². The van der Waals surface area contributed by atoms with E-state index in [-0.39, 0.29) is 5.91 Å². The summed E-state index contributed by atoms with van der Waals surface area (Å²) in [5.74, 6) is 0.0743. The van der Waals surface area contributed by atoms with Crippen LogP contribution in [0.1, 0.15) is 41.3 Å². The highest BCUT2D eigenvalue weighted by molar-refractivity contribution is 5.94. The number of carbonyl (C=O) groups excluding carboxylic acids is 1. The predicted octanol–water partition coefficient (Wildman–Crippen LogP) is 1.93. The first-order valence-corrected chi connectivity index (χ1v) is 8.96. The molecule has 23 heavy (non-hydrogen) atoms. The zero-order valence-corrected chi connectivity index (χ0v) is 14.5. The average molecular weight is 315 g/mol. The monoisotopic (exact) mass is 315 g/mol. The summed E-state index contributed by atoms with van der Waals surface area (Å²) < 4.78 is 0. The topological polar surface area (TPSA) is 35.6 Å². The van der Waals surface area contributed by atoms with Crippen LogP contribution in [0.5, 0.6) is 0 Å². The number of rotatable bonds is 5. The average Bonchev–Trinajstić information content (AvgIpc) is 3.02. The lowest BCUT2D eigenvalue weighted by Crippen LogP contribution is -2.48. The molecule has 4 heteroatoms. The highest BCUT2D eigenvalue weighted by Crippen LogP contribution is 2.22. The van der Waals surface area contributed by atoms with Gasteiger partial charge in [0.05, 0.1) is 0 Å². The van der Waals surface area contributed by atoms with Gasteiger partial charge in [0.25, 0.3) is 5.91 Å². The first kappa shape index (κ1) is 16.5. The second-order valence-electron chi connectivity index (χ2n) is 7.07. The third-order valence-electron chi connectivity index (χ3n) is 5.37. The highest BCUT2D eigenvalue weighted by atomic mass is 16.1. The normalized spacial score (nSPS) is 20.3. The minimum Gasteiger partial charge on any atom is -0.352 e. The van der Waals surface area contributed by atoms with Crippen LogP contribution in [0.3, 0.4) is 0 Å². The number of carbonyl (C=O) groups is 1. The van der Waals surface area contributed by atoms with E-state index < -0.39 is 0 Å². The third-order valence-corrected chi connectivity index (χ3v) is 5.37. The Balaban J connectivity index is 1.44. The predicted molar refractivity (Wildman–Crippen MR) is 93.9 cm³/mol. The summed E-state index contributed by atoms with van der Waals surface area (Å²) in [5, 5.41) is 3.09. The Morgan fingerprint density at radius 3 is 2.70 bits per heavy atom. The van der Waals surface area contributed by atoms with E-state index in [0.29, 0.717) is 6.04 Å². The maximum absolute atomic E-state index is 12.3. The summed E-state index contributed by atoms with van der Waals surface area (Å²) >= 11 is 0. The van der Waals surface area contributed by atoms with E-state index in [0.717, 1.165) is 51.1 Å². The molecule has 1 aromatic carbocycles. The molecule has 1 aromatic rings. The number of hydrogen-bond acceptors (Lipinski definition) is 3. The van der Waals surface area contributed by atoms with Crippen LogP contribution < -0.4 is 5.32 Å². The summed E-state index contributed by atoms with van der Waals surface area (Å²) in [7, 11) is 2.18. The first-order chi connectivity index (χ1) is 11.1. The quantitative estimate of drug-likeness (QED) is 0.902. The number of piperazine rings is 1. The van der Waals surface area contributed by atoms with Crippen molar-refractivity contribution in [3.63, 3.8) is 0 Å². The minimum absolute atomic E-state index is 0.0743. The highest BCUT2D eigenvalue weighted by Gasteiger charge is 2.19. The van der Waals surface area contributed by atoms with Gasteiger partial charge in [-0.25, -0.2) is 0 Å². The van der Waals surface area contributed by atoms with Crippen molar-refractivity contribution in [2.45, 2.75) is 38.6 Å². The summed E-state index contributed by atoms with van der Waals surface area (Å²) in [5.41, 5.74) is 3.60. The second-order valence-corrected chi connectivity index (χ2v) is 7.07. The van der Waals surface area contributed by atoms with Crippen molar-refractivity contribution < 1.29 is 4.79 Å². The van der Waals surface area contributed by atoms with Crippen LogP contribution in [0.2, 0.25) is 0 Å². The van der Waals surface area contributed by atoms with Gasteiger partial charge in [-0.3, -0.25) is 9.69 Å².